The lowest BCUT2D eigenvalue weighted by atomic mass is 9.82. The minimum atomic E-state index is -0.0866. The third-order valence-corrected chi connectivity index (χ3v) is 12.2. The second-order valence-corrected chi connectivity index (χ2v) is 16.5. The summed E-state index contributed by atoms with van der Waals surface area (Å²) in [5.74, 6) is 2.57. The third-order valence-electron chi connectivity index (χ3n) is 12.2. The van der Waals surface area contributed by atoms with E-state index in [-0.39, 0.29) is 5.41 Å². The van der Waals surface area contributed by atoms with Gasteiger partial charge >= 0.3 is 0 Å². The van der Waals surface area contributed by atoms with Crippen molar-refractivity contribution in [3.63, 3.8) is 0 Å². The highest BCUT2D eigenvalue weighted by molar-refractivity contribution is 5.84. The maximum atomic E-state index is 5.18. The number of aromatic nitrogens is 5. The molecule has 0 saturated carbocycles. The van der Waals surface area contributed by atoms with Crippen molar-refractivity contribution in [3.05, 3.63) is 223 Å². The van der Waals surface area contributed by atoms with Crippen molar-refractivity contribution in [2.45, 2.75) is 19.3 Å². The Morgan fingerprint density at radius 3 is 1.29 bits per heavy atom. The van der Waals surface area contributed by atoms with Gasteiger partial charge in [0.1, 0.15) is 0 Å². The van der Waals surface area contributed by atoms with Gasteiger partial charge in [0.15, 0.2) is 23.3 Å². The standard InChI is InChI=1S/C58H41N5/c1-58(2)50-27-13-12-26-48(50)49-36-47(32-33-51(49)58)57-62-55(42-20-10-5-11-21-42)61-56(63-57)46-25-15-23-44(35-46)43-22-14-24-45(34-43)53-37-52(59-54(60-53)41-18-8-4-9-19-41)40-30-28-39(29-31-40)38-16-6-3-7-17-38/h3-37H,1-2H3. The Bertz CT molecular complexity index is 3290. The van der Waals surface area contributed by atoms with E-state index in [2.05, 4.69) is 172 Å². The molecule has 0 amide bonds. The molecular formula is C58H41N5. The zero-order valence-electron chi connectivity index (χ0n) is 34.9. The van der Waals surface area contributed by atoms with E-state index >= 15 is 0 Å². The van der Waals surface area contributed by atoms with Crippen molar-refractivity contribution in [1.82, 2.24) is 24.9 Å². The van der Waals surface area contributed by atoms with Crippen molar-refractivity contribution in [3.8, 4) is 101 Å². The first-order chi connectivity index (χ1) is 30.9. The molecule has 0 saturated heterocycles. The Hall–Kier alpha value is -8.15. The molecule has 0 bridgehead atoms. The van der Waals surface area contributed by atoms with E-state index in [0.717, 1.165) is 61.5 Å². The van der Waals surface area contributed by atoms with Crippen molar-refractivity contribution in [2.24, 2.45) is 0 Å². The van der Waals surface area contributed by atoms with E-state index in [1.165, 1.54) is 27.8 Å². The van der Waals surface area contributed by atoms with Gasteiger partial charge in [0.2, 0.25) is 0 Å². The summed E-state index contributed by atoms with van der Waals surface area (Å²) >= 11 is 0. The lowest BCUT2D eigenvalue weighted by Crippen LogP contribution is -2.14. The van der Waals surface area contributed by atoms with Crippen LogP contribution in [0.2, 0.25) is 0 Å². The second-order valence-electron chi connectivity index (χ2n) is 16.5. The largest absolute Gasteiger partial charge is 0.228 e. The van der Waals surface area contributed by atoms with Crippen LogP contribution in [0.5, 0.6) is 0 Å². The van der Waals surface area contributed by atoms with Gasteiger partial charge in [-0.1, -0.05) is 202 Å². The van der Waals surface area contributed by atoms with Gasteiger partial charge in [-0.2, -0.15) is 0 Å². The fourth-order valence-corrected chi connectivity index (χ4v) is 8.83. The van der Waals surface area contributed by atoms with Crippen LogP contribution in [0, 0.1) is 0 Å². The van der Waals surface area contributed by atoms with Gasteiger partial charge in [0, 0.05) is 38.8 Å². The summed E-state index contributed by atoms with van der Waals surface area (Å²) in [5, 5.41) is 0. The summed E-state index contributed by atoms with van der Waals surface area (Å²) in [6, 6.07) is 73.8. The zero-order chi connectivity index (χ0) is 42.3. The third kappa shape index (κ3) is 7.19. The molecule has 8 aromatic carbocycles. The number of hydrogen-bond acceptors (Lipinski definition) is 5. The molecule has 0 radical (unpaired) electrons. The van der Waals surface area contributed by atoms with Gasteiger partial charge in [0.05, 0.1) is 11.4 Å². The summed E-state index contributed by atoms with van der Waals surface area (Å²) in [6.45, 7) is 4.60. The summed E-state index contributed by atoms with van der Waals surface area (Å²) in [7, 11) is 0. The molecule has 63 heavy (non-hydrogen) atoms. The average molecular weight is 808 g/mol. The summed E-state index contributed by atoms with van der Waals surface area (Å²) in [6.07, 6.45) is 0. The van der Waals surface area contributed by atoms with Crippen LogP contribution in [0.25, 0.3) is 101 Å². The Morgan fingerprint density at radius 2 is 0.651 bits per heavy atom. The molecule has 0 fully saturated rings. The highest BCUT2D eigenvalue weighted by Crippen LogP contribution is 2.49. The van der Waals surface area contributed by atoms with Gasteiger partial charge < -0.3 is 0 Å². The topological polar surface area (TPSA) is 64.5 Å². The normalized spacial score (nSPS) is 12.4. The SMILES string of the molecule is CC1(C)c2ccccc2-c2cc(-c3nc(-c4ccccc4)nc(-c4cccc(-c5cccc(-c6cc(-c7ccc(-c8ccccc8)cc7)nc(-c7ccccc7)n6)c5)c4)n3)ccc21. The molecule has 5 heteroatoms. The van der Waals surface area contributed by atoms with Gasteiger partial charge in [-0.3, -0.25) is 0 Å². The molecule has 0 atom stereocenters. The lowest BCUT2D eigenvalue weighted by molar-refractivity contribution is 0.660. The van der Waals surface area contributed by atoms with Crippen LogP contribution in [0.1, 0.15) is 25.0 Å². The van der Waals surface area contributed by atoms with Crippen LogP contribution >= 0.6 is 0 Å². The number of benzene rings is 8. The molecule has 1 aliphatic rings. The van der Waals surface area contributed by atoms with E-state index in [0.29, 0.717) is 23.3 Å². The van der Waals surface area contributed by atoms with E-state index in [9.17, 15) is 0 Å². The van der Waals surface area contributed by atoms with Gasteiger partial charge in [-0.15, -0.1) is 0 Å². The van der Waals surface area contributed by atoms with Crippen molar-refractivity contribution < 1.29 is 0 Å². The predicted molar refractivity (Wildman–Crippen MR) is 256 cm³/mol. The maximum absolute atomic E-state index is 5.18. The molecular weight excluding hydrogens is 767 g/mol. The van der Waals surface area contributed by atoms with E-state index < -0.39 is 0 Å². The van der Waals surface area contributed by atoms with E-state index in [1.807, 2.05) is 54.6 Å². The second kappa shape index (κ2) is 15.7. The van der Waals surface area contributed by atoms with Crippen LogP contribution in [0.15, 0.2) is 212 Å². The number of hydrogen-bond donors (Lipinski definition) is 0. The Labute approximate surface area is 367 Å². The Morgan fingerprint density at radius 1 is 0.254 bits per heavy atom. The lowest BCUT2D eigenvalue weighted by Gasteiger charge is -2.21. The number of rotatable bonds is 8. The maximum Gasteiger partial charge on any atom is 0.164 e. The predicted octanol–water partition coefficient (Wildman–Crippen LogP) is 14.3. The van der Waals surface area contributed by atoms with E-state index in [4.69, 9.17) is 24.9 Å². The monoisotopic (exact) mass is 807 g/mol. The molecule has 2 heterocycles. The fourth-order valence-electron chi connectivity index (χ4n) is 8.83. The van der Waals surface area contributed by atoms with Crippen molar-refractivity contribution in [2.75, 3.05) is 0 Å². The first-order valence-electron chi connectivity index (χ1n) is 21.3. The molecule has 5 nitrogen and oxygen atoms in total. The number of nitrogens with zero attached hydrogens (tertiary/aromatic N) is 5. The van der Waals surface area contributed by atoms with Crippen LogP contribution in [-0.2, 0) is 5.41 Å². The molecule has 10 aromatic rings. The molecule has 0 unspecified atom stereocenters. The summed E-state index contributed by atoms with van der Waals surface area (Å²) in [5.41, 5.74) is 17.0. The van der Waals surface area contributed by atoms with Gasteiger partial charge in [0.25, 0.3) is 0 Å². The Balaban J connectivity index is 0.977. The van der Waals surface area contributed by atoms with Gasteiger partial charge in [-0.25, -0.2) is 24.9 Å². The summed E-state index contributed by atoms with van der Waals surface area (Å²) < 4.78 is 0. The molecule has 0 aliphatic heterocycles. The van der Waals surface area contributed by atoms with Crippen LogP contribution in [0.3, 0.4) is 0 Å². The highest BCUT2D eigenvalue weighted by Gasteiger charge is 2.35. The molecule has 11 rings (SSSR count). The molecule has 298 valence electrons. The van der Waals surface area contributed by atoms with Crippen molar-refractivity contribution >= 4 is 0 Å². The molecule has 2 aromatic heterocycles. The minimum Gasteiger partial charge on any atom is -0.228 e. The van der Waals surface area contributed by atoms with Gasteiger partial charge in [-0.05, 0) is 68.8 Å². The first kappa shape index (κ1) is 37.8. The van der Waals surface area contributed by atoms with Crippen LogP contribution in [0.4, 0.5) is 0 Å². The molecule has 1 aliphatic carbocycles. The quantitative estimate of drug-likeness (QED) is 0.153. The smallest absolute Gasteiger partial charge is 0.164 e. The molecule has 0 N–H and O–H groups in total. The molecule has 0 spiro atoms. The first-order valence-corrected chi connectivity index (χ1v) is 21.3. The van der Waals surface area contributed by atoms with Crippen LogP contribution < -0.4 is 0 Å². The fraction of sp³-hybridized carbons (Fsp3) is 0.0517. The number of fused-ring (bicyclic) bond motifs is 3. The Kier molecular flexibility index (Phi) is 9.43. The van der Waals surface area contributed by atoms with Crippen molar-refractivity contribution in [1.29, 1.82) is 0 Å². The van der Waals surface area contributed by atoms with Crippen LogP contribution in [-0.4, -0.2) is 24.9 Å². The van der Waals surface area contributed by atoms with E-state index in [1.54, 1.807) is 0 Å². The average Bonchev–Trinajstić information content (AvgIpc) is 3.59. The highest BCUT2D eigenvalue weighted by atomic mass is 15.0. The zero-order valence-corrected chi connectivity index (χ0v) is 34.9. The minimum absolute atomic E-state index is 0.0866. The summed E-state index contributed by atoms with van der Waals surface area (Å²) in [4.78, 5) is 25.6.